The number of anilines is 3. The number of benzene rings is 2. The number of furan rings is 1. The molecular formula is C19H12Cl2FN3O. The Labute approximate surface area is 158 Å². The Kier molecular flexibility index (Phi) is 4.18. The van der Waals surface area contributed by atoms with Crippen molar-refractivity contribution in [3.63, 3.8) is 0 Å². The van der Waals surface area contributed by atoms with E-state index in [9.17, 15) is 4.39 Å². The van der Waals surface area contributed by atoms with Gasteiger partial charge in [-0.1, -0.05) is 35.3 Å². The van der Waals surface area contributed by atoms with Crippen LogP contribution in [0.5, 0.6) is 0 Å². The van der Waals surface area contributed by atoms with Crippen molar-refractivity contribution in [1.82, 2.24) is 4.98 Å². The fourth-order valence-corrected chi connectivity index (χ4v) is 3.10. The van der Waals surface area contributed by atoms with Crippen LogP contribution in [0, 0.1) is 5.82 Å². The highest BCUT2D eigenvalue weighted by atomic mass is 35.5. The van der Waals surface area contributed by atoms with E-state index in [1.807, 2.05) is 12.1 Å². The van der Waals surface area contributed by atoms with Gasteiger partial charge in [0, 0.05) is 22.5 Å². The first kappa shape index (κ1) is 16.7. The van der Waals surface area contributed by atoms with E-state index >= 15 is 0 Å². The standard InChI is InChI=1S/C19H12Cl2FN3O/c20-11-3-1-2-10(8-11)16-18-13(6-7-24-16)17(19(23)26-18)25-12-4-5-15(22)14(21)9-12/h1-9,25H,23H2. The third kappa shape index (κ3) is 2.96. The maximum Gasteiger partial charge on any atom is 0.215 e. The summed E-state index contributed by atoms with van der Waals surface area (Å²) in [4.78, 5) is 4.40. The lowest BCUT2D eigenvalue weighted by Crippen LogP contribution is -1.94. The average Bonchev–Trinajstić information content (AvgIpc) is 2.94. The third-order valence-corrected chi connectivity index (χ3v) is 4.44. The predicted molar refractivity (Wildman–Crippen MR) is 104 cm³/mol. The summed E-state index contributed by atoms with van der Waals surface area (Å²) in [5, 5.41) is 4.49. The van der Waals surface area contributed by atoms with Crippen LogP contribution in [-0.2, 0) is 0 Å². The Hall–Kier alpha value is -2.76. The van der Waals surface area contributed by atoms with Gasteiger partial charge >= 0.3 is 0 Å². The smallest absolute Gasteiger partial charge is 0.215 e. The van der Waals surface area contributed by atoms with Crippen LogP contribution in [0.3, 0.4) is 0 Å². The lowest BCUT2D eigenvalue weighted by atomic mass is 10.1. The first-order valence-electron chi connectivity index (χ1n) is 7.68. The number of nitrogens with two attached hydrogens (primary N) is 1. The van der Waals surface area contributed by atoms with E-state index in [2.05, 4.69) is 10.3 Å². The molecule has 0 atom stereocenters. The van der Waals surface area contributed by atoms with Crippen LogP contribution < -0.4 is 11.1 Å². The van der Waals surface area contributed by atoms with E-state index in [4.69, 9.17) is 33.4 Å². The van der Waals surface area contributed by atoms with Crippen molar-refractivity contribution < 1.29 is 8.81 Å². The van der Waals surface area contributed by atoms with E-state index in [1.165, 1.54) is 12.1 Å². The van der Waals surface area contributed by atoms with Gasteiger partial charge in [0.25, 0.3) is 0 Å². The zero-order chi connectivity index (χ0) is 18.3. The summed E-state index contributed by atoms with van der Waals surface area (Å²) in [6.45, 7) is 0. The number of hydrogen-bond acceptors (Lipinski definition) is 4. The van der Waals surface area contributed by atoms with Crippen LogP contribution in [0.4, 0.5) is 21.6 Å². The minimum Gasteiger partial charge on any atom is -0.436 e. The molecule has 0 saturated heterocycles. The molecule has 130 valence electrons. The number of nitrogens with one attached hydrogen (secondary N) is 1. The summed E-state index contributed by atoms with van der Waals surface area (Å²) < 4.78 is 19.1. The minimum atomic E-state index is -0.491. The monoisotopic (exact) mass is 387 g/mol. The molecule has 2 aromatic carbocycles. The Morgan fingerprint density at radius 2 is 1.92 bits per heavy atom. The number of pyridine rings is 1. The van der Waals surface area contributed by atoms with Crippen LogP contribution in [0.2, 0.25) is 10.0 Å². The van der Waals surface area contributed by atoms with Gasteiger partial charge in [0.05, 0.1) is 10.4 Å². The van der Waals surface area contributed by atoms with Crippen LogP contribution >= 0.6 is 23.2 Å². The highest BCUT2D eigenvalue weighted by Gasteiger charge is 2.17. The van der Waals surface area contributed by atoms with Crippen molar-refractivity contribution in [2.24, 2.45) is 0 Å². The fourth-order valence-electron chi connectivity index (χ4n) is 2.73. The average molecular weight is 388 g/mol. The topological polar surface area (TPSA) is 64.1 Å². The molecule has 26 heavy (non-hydrogen) atoms. The van der Waals surface area contributed by atoms with E-state index < -0.39 is 5.82 Å². The molecule has 4 aromatic rings. The van der Waals surface area contributed by atoms with Gasteiger partial charge in [0.15, 0.2) is 5.58 Å². The molecule has 4 nitrogen and oxygen atoms in total. The second-order valence-corrected chi connectivity index (χ2v) is 6.49. The number of hydrogen-bond donors (Lipinski definition) is 2. The van der Waals surface area contributed by atoms with Gasteiger partial charge in [-0.25, -0.2) is 4.39 Å². The normalized spacial score (nSPS) is 11.0. The van der Waals surface area contributed by atoms with Crippen molar-refractivity contribution in [2.75, 3.05) is 11.1 Å². The van der Waals surface area contributed by atoms with Gasteiger partial charge in [0.2, 0.25) is 5.88 Å². The van der Waals surface area contributed by atoms with Gasteiger partial charge in [0.1, 0.15) is 17.2 Å². The zero-order valence-corrected chi connectivity index (χ0v) is 14.8. The summed E-state index contributed by atoms with van der Waals surface area (Å²) in [5.41, 5.74) is 9.18. The molecule has 0 bridgehead atoms. The molecule has 4 rings (SSSR count). The molecule has 7 heteroatoms. The molecule has 3 N–H and O–H groups in total. The first-order chi connectivity index (χ1) is 12.5. The zero-order valence-electron chi connectivity index (χ0n) is 13.3. The van der Waals surface area contributed by atoms with Crippen LogP contribution in [-0.4, -0.2) is 4.98 Å². The van der Waals surface area contributed by atoms with Crippen molar-refractivity contribution >= 4 is 51.4 Å². The molecule has 0 unspecified atom stereocenters. The Bertz CT molecular complexity index is 1130. The molecule has 0 radical (unpaired) electrons. The van der Waals surface area contributed by atoms with Gasteiger partial charge < -0.3 is 15.5 Å². The number of nitrogen functional groups attached to an aromatic ring is 1. The van der Waals surface area contributed by atoms with Gasteiger partial charge in [-0.05, 0) is 36.4 Å². The SMILES string of the molecule is Nc1oc2c(-c3cccc(Cl)c3)nccc2c1Nc1ccc(F)c(Cl)c1. The molecule has 0 aliphatic rings. The fraction of sp³-hybridized carbons (Fsp3) is 0. The number of aromatic nitrogens is 1. The number of nitrogens with zero attached hydrogens (tertiary/aromatic N) is 1. The molecule has 0 aliphatic heterocycles. The summed E-state index contributed by atoms with van der Waals surface area (Å²) >= 11 is 11.9. The molecule has 0 spiro atoms. The van der Waals surface area contributed by atoms with Crippen molar-refractivity contribution in [1.29, 1.82) is 0 Å². The Balaban J connectivity index is 1.83. The maximum absolute atomic E-state index is 13.4. The summed E-state index contributed by atoms with van der Waals surface area (Å²) in [6, 6.07) is 13.4. The van der Waals surface area contributed by atoms with Gasteiger partial charge in [-0.3, -0.25) is 4.98 Å². The molecule has 0 amide bonds. The third-order valence-electron chi connectivity index (χ3n) is 3.92. The summed E-state index contributed by atoms with van der Waals surface area (Å²) in [6.07, 6.45) is 1.66. The maximum atomic E-state index is 13.4. The van der Waals surface area contributed by atoms with Crippen LogP contribution in [0.25, 0.3) is 22.2 Å². The minimum absolute atomic E-state index is 0.0163. The second-order valence-electron chi connectivity index (χ2n) is 5.64. The highest BCUT2D eigenvalue weighted by Crippen LogP contribution is 2.39. The Morgan fingerprint density at radius 1 is 1.08 bits per heavy atom. The van der Waals surface area contributed by atoms with Crippen LogP contribution in [0.15, 0.2) is 59.1 Å². The highest BCUT2D eigenvalue weighted by molar-refractivity contribution is 6.31. The Morgan fingerprint density at radius 3 is 2.69 bits per heavy atom. The second kappa shape index (κ2) is 6.52. The first-order valence-corrected chi connectivity index (χ1v) is 8.43. The summed E-state index contributed by atoms with van der Waals surface area (Å²) in [5.74, 6) is -0.300. The van der Waals surface area contributed by atoms with E-state index in [1.54, 1.807) is 30.5 Å². The molecule has 2 heterocycles. The van der Waals surface area contributed by atoms with E-state index in [0.29, 0.717) is 27.7 Å². The molecule has 0 fully saturated rings. The molecule has 0 saturated carbocycles. The largest absolute Gasteiger partial charge is 0.436 e. The molecule has 0 aliphatic carbocycles. The van der Waals surface area contributed by atoms with Crippen LogP contribution in [0.1, 0.15) is 0 Å². The lowest BCUT2D eigenvalue weighted by Gasteiger charge is -2.06. The predicted octanol–water partition coefficient (Wildman–Crippen LogP) is 6.27. The van der Waals surface area contributed by atoms with E-state index in [-0.39, 0.29) is 10.9 Å². The molecular weight excluding hydrogens is 376 g/mol. The number of halogens is 3. The number of rotatable bonds is 3. The van der Waals surface area contributed by atoms with Crippen molar-refractivity contribution in [3.05, 3.63) is 70.6 Å². The molecule has 2 aromatic heterocycles. The van der Waals surface area contributed by atoms with E-state index in [0.717, 1.165) is 10.9 Å². The van der Waals surface area contributed by atoms with Crippen molar-refractivity contribution in [2.45, 2.75) is 0 Å². The van der Waals surface area contributed by atoms with Crippen molar-refractivity contribution in [3.8, 4) is 11.3 Å². The quantitative estimate of drug-likeness (QED) is 0.434. The van der Waals surface area contributed by atoms with Gasteiger partial charge in [-0.2, -0.15) is 0 Å². The summed E-state index contributed by atoms with van der Waals surface area (Å²) in [7, 11) is 0. The van der Waals surface area contributed by atoms with Gasteiger partial charge in [-0.15, -0.1) is 0 Å². The lowest BCUT2D eigenvalue weighted by molar-refractivity contribution is 0.628. The number of fused-ring (bicyclic) bond motifs is 1.